The van der Waals surface area contributed by atoms with Gasteiger partial charge in [0.15, 0.2) is 0 Å². The highest BCUT2D eigenvalue weighted by Crippen LogP contribution is 2.31. The molecule has 4 aromatic rings. The molecule has 1 saturated carbocycles. The maximum atomic E-state index is 14.1. The van der Waals surface area contributed by atoms with Crippen LogP contribution < -0.4 is 20.3 Å². The van der Waals surface area contributed by atoms with Crippen LogP contribution in [0.25, 0.3) is 11.1 Å². The lowest BCUT2D eigenvalue weighted by atomic mass is 9.90. The van der Waals surface area contributed by atoms with Crippen LogP contribution in [0.3, 0.4) is 0 Å². The van der Waals surface area contributed by atoms with Gasteiger partial charge in [-0.15, -0.1) is 0 Å². The molecule has 1 aromatic carbocycles. The van der Waals surface area contributed by atoms with Crippen molar-refractivity contribution >= 4 is 23.6 Å². The highest BCUT2D eigenvalue weighted by molar-refractivity contribution is 5.91. The number of hydrogen-bond donors (Lipinski definition) is 2. The molecular formula is C33H36N10O3. The molecule has 13 heteroatoms. The van der Waals surface area contributed by atoms with E-state index in [0.717, 1.165) is 42.4 Å². The summed E-state index contributed by atoms with van der Waals surface area (Å²) >= 11 is 0. The molecule has 2 aliphatic rings. The Morgan fingerprint density at radius 2 is 1.67 bits per heavy atom. The number of anilines is 3. The molecule has 2 fully saturated rings. The average Bonchev–Trinajstić information content (AvgIpc) is 3.08. The number of rotatable bonds is 10. The molecule has 2 amide bonds. The van der Waals surface area contributed by atoms with E-state index in [1.807, 2.05) is 54.4 Å². The number of nitrogens with zero attached hydrogens (tertiary/aromatic N) is 8. The number of carbonyl (C=O) groups excluding carboxylic acids is 1. The Morgan fingerprint density at radius 3 is 2.30 bits per heavy atom. The van der Waals surface area contributed by atoms with Gasteiger partial charge in [0.25, 0.3) is 0 Å². The molecule has 13 nitrogen and oxygen atoms in total. The van der Waals surface area contributed by atoms with Crippen LogP contribution in [0.1, 0.15) is 36.8 Å². The van der Waals surface area contributed by atoms with Gasteiger partial charge in [0, 0.05) is 55.4 Å². The Balaban J connectivity index is 1.17. The van der Waals surface area contributed by atoms with Crippen molar-refractivity contribution in [2.24, 2.45) is 0 Å². The number of hydrogen-bond acceptors (Lipinski definition) is 11. The zero-order valence-electron chi connectivity index (χ0n) is 25.8. The first kappa shape index (κ1) is 30.7. The summed E-state index contributed by atoms with van der Waals surface area (Å²) in [5.41, 5.74) is 3.09. The van der Waals surface area contributed by atoms with Gasteiger partial charge in [-0.25, -0.2) is 24.7 Å². The summed E-state index contributed by atoms with van der Waals surface area (Å²) in [7, 11) is 3.35. The Bertz CT molecular complexity index is 1650. The smallest absolute Gasteiger partial charge is 0.325 e. The largest absolute Gasteiger partial charge is 0.467 e. The molecule has 236 valence electrons. The third-order valence-corrected chi connectivity index (χ3v) is 8.22. The summed E-state index contributed by atoms with van der Waals surface area (Å²) in [5, 5.41) is 16.2. The topological polar surface area (TPSA) is 154 Å². The molecule has 0 unspecified atom stereocenters. The first-order chi connectivity index (χ1) is 22.5. The first-order valence-corrected chi connectivity index (χ1v) is 15.3. The normalized spacial score (nSPS) is 17.7. The van der Waals surface area contributed by atoms with E-state index in [4.69, 9.17) is 14.5 Å². The minimum Gasteiger partial charge on any atom is -0.467 e. The molecular weight excluding hydrogens is 584 g/mol. The summed E-state index contributed by atoms with van der Waals surface area (Å²) in [6, 6.07) is 16.3. The number of aromatic nitrogens is 5. The van der Waals surface area contributed by atoms with E-state index in [2.05, 4.69) is 36.6 Å². The van der Waals surface area contributed by atoms with E-state index < -0.39 is 0 Å². The van der Waals surface area contributed by atoms with Gasteiger partial charge in [-0.3, -0.25) is 4.90 Å². The lowest BCUT2D eigenvalue weighted by Gasteiger charge is -2.38. The van der Waals surface area contributed by atoms with Crippen LogP contribution in [0, 0.1) is 11.3 Å². The quantitative estimate of drug-likeness (QED) is 0.257. The average molecular weight is 621 g/mol. The number of ether oxygens (including phenoxy) is 2. The first-order valence-electron chi connectivity index (χ1n) is 15.3. The van der Waals surface area contributed by atoms with Crippen molar-refractivity contribution in [2.75, 3.05) is 42.9 Å². The van der Waals surface area contributed by atoms with Crippen LogP contribution in [-0.2, 0) is 11.3 Å². The third-order valence-electron chi connectivity index (χ3n) is 8.22. The van der Waals surface area contributed by atoms with Crippen LogP contribution in [0.5, 0.6) is 6.01 Å². The molecule has 0 radical (unpaired) electrons. The van der Waals surface area contributed by atoms with Gasteiger partial charge in [-0.05, 0) is 43.4 Å². The van der Waals surface area contributed by atoms with Gasteiger partial charge < -0.3 is 25.0 Å². The molecule has 1 aliphatic carbocycles. The number of nitriles is 1. The standard InChI is InChI=1S/C33H36N10O3/c1-42(19-22-6-4-3-5-7-22)33(44)43(29-13-8-23(15-35-29)25-17-37-32(45-2)38-18-25)28-11-9-26(10-12-28)40-31-36-16-24(14-34)30(41-31)39-27-20-46-21-27/h3-8,13,15-18,26-28H,9-12,19-21H2,1-2H3,(H2,36,39,40,41). The van der Waals surface area contributed by atoms with Gasteiger partial charge in [-0.2, -0.15) is 10.2 Å². The fraction of sp³-hybridized carbons (Fsp3) is 0.364. The SMILES string of the molecule is COc1ncc(-c2ccc(N(C(=O)N(C)Cc3ccccc3)C3CCC(Nc4ncc(C#N)c(NC5COC5)n4)CC3)nc2)cn1. The Hall–Kier alpha value is -5.35. The predicted molar refractivity (Wildman–Crippen MR) is 172 cm³/mol. The number of methoxy groups -OCH3 is 1. The number of amides is 2. The summed E-state index contributed by atoms with van der Waals surface area (Å²) < 4.78 is 10.3. The second-order valence-corrected chi connectivity index (χ2v) is 11.5. The van der Waals surface area contributed by atoms with E-state index in [1.54, 1.807) is 29.7 Å². The van der Waals surface area contributed by atoms with E-state index in [0.29, 0.717) is 48.9 Å². The van der Waals surface area contributed by atoms with Gasteiger partial charge in [0.1, 0.15) is 23.3 Å². The number of nitrogens with one attached hydrogen (secondary N) is 2. The number of benzene rings is 1. The fourth-order valence-corrected chi connectivity index (χ4v) is 5.64. The summed E-state index contributed by atoms with van der Waals surface area (Å²) in [4.78, 5) is 39.7. The van der Waals surface area contributed by atoms with Gasteiger partial charge in [0.2, 0.25) is 5.95 Å². The zero-order valence-corrected chi connectivity index (χ0v) is 25.8. The van der Waals surface area contributed by atoms with Crippen molar-refractivity contribution in [3.05, 3.63) is 78.4 Å². The Morgan fingerprint density at radius 1 is 0.935 bits per heavy atom. The van der Waals surface area contributed by atoms with Gasteiger partial charge >= 0.3 is 12.0 Å². The summed E-state index contributed by atoms with van der Waals surface area (Å²) in [6.07, 6.45) is 9.80. The molecule has 1 saturated heterocycles. The van der Waals surface area contributed by atoms with E-state index in [9.17, 15) is 10.1 Å². The molecule has 0 spiro atoms. The van der Waals surface area contributed by atoms with Crippen molar-refractivity contribution in [1.29, 1.82) is 5.26 Å². The number of carbonyl (C=O) groups is 1. The van der Waals surface area contributed by atoms with Gasteiger partial charge in [0.05, 0.1) is 32.6 Å². The molecule has 4 heterocycles. The highest BCUT2D eigenvalue weighted by atomic mass is 16.5. The lowest BCUT2D eigenvalue weighted by Crippen LogP contribution is -2.49. The summed E-state index contributed by atoms with van der Waals surface area (Å²) in [5.74, 6) is 1.57. The zero-order chi connectivity index (χ0) is 31.9. The Labute approximate surface area is 267 Å². The van der Waals surface area contributed by atoms with E-state index in [1.165, 1.54) is 7.11 Å². The maximum Gasteiger partial charge on any atom is 0.325 e. The van der Waals surface area contributed by atoms with E-state index in [-0.39, 0.29) is 24.2 Å². The minimum atomic E-state index is -0.112. The third kappa shape index (κ3) is 7.13. The predicted octanol–water partition coefficient (Wildman–Crippen LogP) is 4.50. The second-order valence-electron chi connectivity index (χ2n) is 11.5. The Kier molecular flexibility index (Phi) is 9.45. The second kappa shape index (κ2) is 14.2. The van der Waals surface area contributed by atoms with Crippen molar-refractivity contribution in [3.63, 3.8) is 0 Å². The van der Waals surface area contributed by atoms with E-state index >= 15 is 0 Å². The molecule has 0 bridgehead atoms. The van der Waals surface area contributed by atoms with Crippen molar-refractivity contribution in [1.82, 2.24) is 29.8 Å². The molecule has 3 aromatic heterocycles. The van der Waals surface area contributed by atoms with Crippen LogP contribution in [-0.4, -0.2) is 81.3 Å². The van der Waals surface area contributed by atoms with Crippen LogP contribution in [0.15, 0.2) is 67.3 Å². The van der Waals surface area contributed by atoms with Crippen LogP contribution >= 0.6 is 0 Å². The molecule has 46 heavy (non-hydrogen) atoms. The molecule has 6 rings (SSSR count). The molecule has 2 N–H and O–H groups in total. The fourth-order valence-electron chi connectivity index (χ4n) is 5.64. The number of pyridine rings is 1. The van der Waals surface area contributed by atoms with Crippen LogP contribution in [0.2, 0.25) is 0 Å². The highest BCUT2D eigenvalue weighted by Gasteiger charge is 2.33. The van der Waals surface area contributed by atoms with Crippen molar-refractivity contribution < 1.29 is 14.3 Å². The maximum absolute atomic E-state index is 14.1. The monoisotopic (exact) mass is 620 g/mol. The van der Waals surface area contributed by atoms with Crippen LogP contribution in [0.4, 0.5) is 22.4 Å². The van der Waals surface area contributed by atoms with Crippen molar-refractivity contribution in [2.45, 2.75) is 50.4 Å². The van der Waals surface area contributed by atoms with Crippen molar-refractivity contribution in [3.8, 4) is 23.2 Å². The molecule has 1 aliphatic heterocycles. The minimum absolute atomic E-state index is 0.0517. The lowest BCUT2D eigenvalue weighted by molar-refractivity contribution is 0.0209. The van der Waals surface area contributed by atoms with Gasteiger partial charge in [-0.1, -0.05) is 30.3 Å². The molecule has 0 atom stereocenters. The summed E-state index contributed by atoms with van der Waals surface area (Å²) in [6.45, 7) is 1.66. The number of urea groups is 1.